The second-order valence-corrected chi connectivity index (χ2v) is 12.0. The van der Waals surface area contributed by atoms with Crippen LogP contribution in [0.3, 0.4) is 0 Å². The van der Waals surface area contributed by atoms with E-state index >= 15 is 0 Å². The number of thiophene rings is 1. The first-order valence-corrected chi connectivity index (χ1v) is 11.7. The van der Waals surface area contributed by atoms with E-state index in [2.05, 4.69) is 57.0 Å². The largest absolute Gasteiger partial charge is 0.481 e. The molecule has 0 bridgehead atoms. The molecule has 1 saturated carbocycles. The number of hydrogen-bond acceptors (Lipinski definition) is 5. The quantitative estimate of drug-likeness (QED) is 0.570. The Morgan fingerprint density at radius 3 is 2.50 bits per heavy atom. The van der Waals surface area contributed by atoms with Crippen molar-refractivity contribution >= 4 is 33.8 Å². The lowest BCUT2D eigenvalue weighted by atomic mass is 9.61. The maximum absolute atomic E-state index is 11.1. The number of thiazole rings is 1. The second-order valence-electron chi connectivity index (χ2n) is 9.74. The summed E-state index contributed by atoms with van der Waals surface area (Å²) in [5.41, 5.74) is 1.84. The van der Waals surface area contributed by atoms with Gasteiger partial charge in [-0.1, -0.05) is 27.7 Å². The molecule has 3 rings (SSSR count). The van der Waals surface area contributed by atoms with Gasteiger partial charge in [0.1, 0.15) is 0 Å². The molecule has 1 N–H and O–H groups in total. The van der Waals surface area contributed by atoms with Gasteiger partial charge in [-0.25, -0.2) is 4.98 Å². The van der Waals surface area contributed by atoms with Crippen LogP contribution in [0, 0.1) is 17.8 Å². The summed E-state index contributed by atoms with van der Waals surface area (Å²) in [6.07, 6.45) is 3.70. The van der Waals surface area contributed by atoms with E-state index in [1.54, 1.807) is 22.7 Å². The third-order valence-electron chi connectivity index (χ3n) is 5.49. The minimum absolute atomic E-state index is 0.128. The van der Waals surface area contributed by atoms with Crippen molar-refractivity contribution in [1.29, 1.82) is 0 Å². The summed E-state index contributed by atoms with van der Waals surface area (Å²) in [5, 5.41) is 12.3. The molecule has 154 valence electrons. The maximum atomic E-state index is 11.1. The van der Waals surface area contributed by atoms with Crippen molar-refractivity contribution in [3.05, 3.63) is 33.0 Å². The number of anilines is 1. The van der Waals surface area contributed by atoms with Crippen LogP contribution in [0.2, 0.25) is 0 Å². The Hall–Kier alpha value is -1.40. The van der Waals surface area contributed by atoms with Gasteiger partial charge in [-0.3, -0.25) is 4.79 Å². The van der Waals surface area contributed by atoms with E-state index in [0.717, 1.165) is 11.7 Å². The van der Waals surface area contributed by atoms with Crippen LogP contribution >= 0.6 is 22.7 Å². The number of aryl methyl sites for hydroxylation is 1. The molecule has 1 aliphatic rings. The molecule has 0 radical (unpaired) electrons. The van der Waals surface area contributed by atoms with Crippen molar-refractivity contribution in [2.24, 2.45) is 10.8 Å². The van der Waals surface area contributed by atoms with Gasteiger partial charge < -0.3 is 10.0 Å². The first-order chi connectivity index (χ1) is 13.0. The molecule has 0 aromatic carbocycles. The third-order valence-corrected chi connectivity index (χ3v) is 7.40. The standard InChI is InChI=1S/C22H32N2O2S2/c1-15-6-7-17(28-15)12-24(9-8-19(25)26)20-23-18(13-27-20)16-10-21(2,3)14-22(4,5)11-16/h6-7,13,16H,8-12,14H2,1-5H3,(H,25,26). The molecule has 0 saturated heterocycles. The second kappa shape index (κ2) is 8.15. The molecular weight excluding hydrogens is 388 g/mol. The molecular formula is C22H32N2O2S2. The summed E-state index contributed by atoms with van der Waals surface area (Å²) in [6, 6.07) is 4.25. The van der Waals surface area contributed by atoms with Gasteiger partial charge in [-0.15, -0.1) is 22.7 Å². The highest BCUT2D eigenvalue weighted by atomic mass is 32.1. The molecule has 0 unspecified atom stereocenters. The van der Waals surface area contributed by atoms with Gasteiger partial charge in [0.05, 0.1) is 18.7 Å². The minimum Gasteiger partial charge on any atom is -0.481 e. The fourth-order valence-corrected chi connectivity index (χ4v) is 6.74. The van der Waals surface area contributed by atoms with Crippen LogP contribution in [0.4, 0.5) is 5.13 Å². The molecule has 0 aliphatic heterocycles. The lowest BCUT2D eigenvalue weighted by Gasteiger charge is -2.44. The third kappa shape index (κ3) is 5.57. The fourth-order valence-electron chi connectivity index (χ4n) is 4.90. The van der Waals surface area contributed by atoms with Crippen LogP contribution in [0.25, 0.3) is 0 Å². The van der Waals surface area contributed by atoms with Gasteiger partial charge in [0, 0.05) is 27.6 Å². The summed E-state index contributed by atoms with van der Waals surface area (Å²) in [4.78, 5) is 20.8. The van der Waals surface area contributed by atoms with E-state index in [1.807, 2.05) is 0 Å². The Morgan fingerprint density at radius 1 is 1.25 bits per heavy atom. The van der Waals surface area contributed by atoms with Gasteiger partial charge in [0.2, 0.25) is 0 Å². The van der Waals surface area contributed by atoms with Gasteiger partial charge in [-0.05, 0) is 49.1 Å². The molecule has 28 heavy (non-hydrogen) atoms. The highest BCUT2D eigenvalue weighted by molar-refractivity contribution is 7.14. The molecule has 2 aromatic heterocycles. The predicted molar refractivity (Wildman–Crippen MR) is 119 cm³/mol. The molecule has 0 amide bonds. The van der Waals surface area contributed by atoms with Crippen LogP contribution in [0.1, 0.15) is 74.7 Å². The van der Waals surface area contributed by atoms with E-state index in [-0.39, 0.29) is 6.42 Å². The molecule has 0 spiro atoms. The van der Waals surface area contributed by atoms with Crippen molar-refractivity contribution in [1.82, 2.24) is 4.98 Å². The van der Waals surface area contributed by atoms with E-state index in [0.29, 0.717) is 23.3 Å². The molecule has 6 heteroatoms. The number of aliphatic carboxylic acids is 1. The zero-order valence-corrected chi connectivity index (χ0v) is 19.3. The highest BCUT2D eigenvalue weighted by Gasteiger charge is 2.39. The Bertz CT molecular complexity index is 806. The number of nitrogens with zero attached hydrogens (tertiary/aromatic N) is 2. The normalized spacial score (nSPS) is 18.9. The average Bonchev–Trinajstić information content (AvgIpc) is 3.17. The van der Waals surface area contributed by atoms with Crippen molar-refractivity contribution in [2.75, 3.05) is 11.4 Å². The van der Waals surface area contributed by atoms with Crippen molar-refractivity contribution < 1.29 is 9.90 Å². The summed E-state index contributed by atoms with van der Waals surface area (Å²) >= 11 is 3.42. The van der Waals surface area contributed by atoms with E-state index < -0.39 is 5.97 Å². The van der Waals surface area contributed by atoms with Crippen LogP contribution in [-0.2, 0) is 11.3 Å². The van der Waals surface area contributed by atoms with Crippen LogP contribution in [0.15, 0.2) is 17.5 Å². The van der Waals surface area contributed by atoms with Gasteiger partial charge in [-0.2, -0.15) is 0 Å². The van der Waals surface area contributed by atoms with Crippen LogP contribution < -0.4 is 4.90 Å². The lowest BCUT2D eigenvalue weighted by molar-refractivity contribution is -0.136. The molecule has 2 aromatic rings. The van der Waals surface area contributed by atoms with Crippen molar-refractivity contribution in [3.8, 4) is 0 Å². The van der Waals surface area contributed by atoms with E-state index in [9.17, 15) is 4.79 Å². The number of carboxylic acid groups (broad SMARTS) is 1. The Balaban J connectivity index is 1.80. The monoisotopic (exact) mass is 420 g/mol. The van der Waals surface area contributed by atoms with Gasteiger partial charge >= 0.3 is 5.97 Å². The van der Waals surface area contributed by atoms with E-state index in [4.69, 9.17) is 10.1 Å². The average molecular weight is 421 g/mol. The predicted octanol–water partition coefficient (Wildman–Crippen LogP) is 6.31. The zero-order chi connectivity index (χ0) is 20.5. The summed E-state index contributed by atoms with van der Waals surface area (Å²) in [5.74, 6) is -0.283. The molecule has 2 heterocycles. The molecule has 0 atom stereocenters. The molecule has 1 aliphatic carbocycles. The van der Waals surface area contributed by atoms with Gasteiger partial charge in [0.15, 0.2) is 5.13 Å². The first kappa shape index (κ1) is 21.3. The Labute approximate surface area is 176 Å². The minimum atomic E-state index is -0.764. The summed E-state index contributed by atoms with van der Waals surface area (Å²) in [6.45, 7) is 12.8. The molecule has 1 fully saturated rings. The smallest absolute Gasteiger partial charge is 0.305 e. The summed E-state index contributed by atoms with van der Waals surface area (Å²) < 4.78 is 0. The number of hydrogen-bond donors (Lipinski definition) is 1. The number of carbonyl (C=O) groups is 1. The van der Waals surface area contributed by atoms with Crippen molar-refractivity contribution in [3.63, 3.8) is 0 Å². The van der Waals surface area contributed by atoms with Crippen molar-refractivity contribution in [2.45, 2.75) is 72.8 Å². The Kier molecular flexibility index (Phi) is 6.20. The summed E-state index contributed by atoms with van der Waals surface area (Å²) in [7, 11) is 0. The Morgan fingerprint density at radius 2 is 1.93 bits per heavy atom. The van der Waals surface area contributed by atoms with E-state index in [1.165, 1.54) is 34.7 Å². The topological polar surface area (TPSA) is 53.4 Å². The van der Waals surface area contributed by atoms with Gasteiger partial charge in [0.25, 0.3) is 0 Å². The number of carboxylic acids is 1. The molecule has 4 nitrogen and oxygen atoms in total. The van der Waals surface area contributed by atoms with Crippen LogP contribution in [0.5, 0.6) is 0 Å². The number of aromatic nitrogens is 1. The highest BCUT2D eigenvalue weighted by Crippen LogP contribution is 2.52. The number of rotatable bonds is 7. The zero-order valence-electron chi connectivity index (χ0n) is 17.6. The first-order valence-electron chi connectivity index (χ1n) is 10.0. The lowest BCUT2D eigenvalue weighted by Crippen LogP contribution is -2.33. The SMILES string of the molecule is Cc1ccc(CN(CCC(=O)O)c2nc(C3CC(C)(C)CC(C)(C)C3)cs2)s1. The van der Waals surface area contributed by atoms with Crippen LogP contribution in [-0.4, -0.2) is 22.6 Å². The fraction of sp³-hybridized carbons (Fsp3) is 0.636. The maximum Gasteiger partial charge on any atom is 0.305 e.